The second-order valence-electron chi connectivity index (χ2n) is 4.71. The van der Waals surface area contributed by atoms with Crippen molar-refractivity contribution < 1.29 is 8.83 Å². The molecule has 2 aromatic heterocycles. The van der Waals surface area contributed by atoms with Gasteiger partial charge in [0.2, 0.25) is 11.8 Å². The second-order valence-corrected chi connectivity index (χ2v) is 4.71. The minimum Gasteiger partial charge on any atom is -0.444 e. The van der Waals surface area contributed by atoms with Crippen LogP contribution >= 0.6 is 0 Å². The van der Waals surface area contributed by atoms with Crippen LogP contribution in [-0.4, -0.2) is 21.2 Å². The Balaban J connectivity index is 1.92. The van der Waals surface area contributed by atoms with E-state index in [1.54, 1.807) is 6.20 Å². The summed E-state index contributed by atoms with van der Waals surface area (Å²) in [7, 11) is 0. The first-order valence-corrected chi connectivity index (χ1v) is 6.29. The number of hydrogen-bond acceptors (Lipinski definition) is 7. The predicted molar refractivity (Wildman–Crippen MR) is 69.6 cm³/mol. The van der Waals surface area contributed by atoms with E-state index in [2.05, 4.69) is 39.7 Å². The highest BCUT2D eigenvalue weighted by molar-refractivity contribution is 5.21. The summed E-state index contributed by atoms with van der Waals surface area (Å²) in [6, 6.07) is 0.612. The van der Waals surface area contributed by atoms with Gasteiger partial charge < -0.3 is 19.5 Å². The summed E-state index contributed by atoms with van der Waals surface area (Å²) >= 11 is 0. The summed E-state index contributed by atoms with van der Waals surface area (Å²) in [5.74, 6) is 1.92. The van der Waals surface area contributed by atoms with Crippen molar-refractivity contribution in [1.82, 2.24) is 20.5 Å². The Hall–Kier alpha value is -1.89. The number of aromatic nitrogens is 3. The fraction of sp³-hybridized carbons (Fsp3) is 0.583. The van der Waals surface area contributed by atoms with Crippen molar-refractivity contribution in [3.63, 3.8) is 0 Å². The van der Waals surface area contributed by atoms with Gasteiger partial charge in [-0.15, -0.1) is 5.10 Å². The molecule has 0 bridgehead atoms. The lowest BCUT2D eigenvalue weighted by atomic mass is 10.3. The fourth-order valence-corrected chi connectivity index (χ4v) is 1.49. The molecule has 0 aromatic carbocycles. The SMILES string of the molecule is Cc1cnc(C(C)Nc2nnc(CNC(C)C)o2)o1. The topological polar surface area (TPSA) is 89.0 Å². The molecule has 0 spiro atoms. The molecule has 2 aromatic rings. The molecule has 0 amide bonds. The molecule has 0 aliphatic rings. The van der Waals surface area contributed by atoms with Gasteiger partial charge in [0.1, 0.15) is 11.8 Å². The van der Waals surface area contributed by atoms with E-state index in [0.717, 1.165) is 5.76 Å². The Morgan fingerprint density at radius 2 is 2.00 bits per heavy atom. The monoisotopic (exact) mass is 265 g/mol. The number of anilines is 1. The van der Waals surface area contributed by atoms with Crippen molar-refractivity contribution in [3.05, 3.63) is 23.7 Å². The molecule has 2 rings (SSSR count). The zero-order chi connectivity index (χ0) is 13.8. The van der Waals surface area contributed by atoms with Crippen molar-refractivity contribution in [2.75, 3.05) is 5.32 Å². The van der Waals surface area contributed by atoms with Crippen molar-refractivity contribution in [3.8, 4) is 0 Å². The molecule has 7 heteroatoms. The number of nitrogens with zero attached hydrogens (tertiary/aromatic N) is 3. The van der Waals surface area contributed by atoms with Crippen LogP contribution in [0.1, 0.15) is 44.4 Å². The summed E-state index contributed by atoms with van der Waals surface area (Å²) in [6.07, 6.45) is 1.68. The zero-order valence-electron chi connectivity index (χ0n) is 11.6. The minimum atomic E-state index is -0.125. The fourth-order valence-electron chi connectivity index (χ4n) is 1.49. The van der Waals surface area contributed by atoms with Crippen LogP contribution in [0.3, 0.4) is 0 Å². The van der Waals surface area contributed by atoms with Crippen LogP contribution in [0.2, 0.25) is 0 Å². The van der Waals surface area contributed by atoms with Crippen molar-refractivity contribution in [2.45, 2.75) is 46.3 Å². The van der Waals surface area contributed by atoms with Gasteiger partial charge in [0.05, 0.1) is 12.7 Å². The molecule has 1 unspecified atom stereocenters. The first kappa shape index (κ1) is 13.5. The van der Waals surface area contributed by atoms with Gasteiger partial charge in [-0.25, -0.2) is 4.98 Å². The quantitative estimate of drug-likeness (QED) is 0.826. The Labute approximate surface area is 111 Å². The zero-order valence-corrected chi connectivity index (χ0v) is 11.6. The first-order valence-electron chi connectivity index (χ1n) is 6.29. The molecule has 0 saturated carbocycles. The van der Waals surface area contributed by atoms with Gasteiger partial charge in [-0.3, -0.25) is 0 Å². The van der Waals surface area contributed by atoms with E-state index in [0.29, 0.717) is 30.4 Å². The molecule has 0 aliphatic carbocycles. The summed E-state index contributed by atoms with van der Waals surface area (Å²) in [5, 5.41) is 14.1. The van der Waals surface area contributed by atoms with Gasteiger partial charge in [-0.2, -0.15) is 0 Å². The molecule has 104 valence electrons. The van der Waals surface area contributed by atoms with Crippen molar-refractivity contribution in [1.29, 1.82) is 0 Å². The molecule has 19 heavy (non-hydrogen) atoms. The van der Waals surface area contributed by atoms with Crippen molar-refractivity contribution in [2.24, 2.45) is 0 Å². The van der Waals surface area contributed by atoms with Gasteiger partial charge >= 0.3 is 6.01 Å². The standard InChI is InChI=1S/C12H19N5O2/c1-7(2)13-6-10-16-17-12(19-10)15-9(4)11-14-5-8(3)18-11/h5,7,9,13H,6H2,1-4H3,(H,15,17). The average molecular weight is 265 g/mol. The van der Waals surface area contributed by atoms with Crippen LogP contribution in [0.4, 0.5) is 6.01 Å². The molecular weight excluding hydrogens is 246 g/mol. The minimum absolute atomic E-state index is 0.125. The van der Waals surface area contributed by atoms with E-state index in [-0.39, 0.29) is 6.04 Å². The van der Waals surface area contributed by atoms with E-state index in [9.17, 15) is 0 Å². The molecule has 0 fully saturated rings. The number of nitrogens with one attached hydrogen (secondary N) is 2. The van der Waals surface area contributed by atoms with E-state index >= 15 is 0 Å². The third kappa shape index (κ3) is 3.78. The molecule has 1 atom stereocenters. The predicted octanol–water partition coefficient (Wildman–Crippen LogP) is 2.04. The lowest BCUT2D eigenvalue weighted by Gasteiger charge is -2.07. The average Bonchev–Trinajstić information content (AvgIpc) is 2.95. The van der Waals surface area contributed by atoms with Crippen LogP contribution in [0.25, 0.3) is 0 Å². The third-order valence-corrected chi connectivity index (χ3v) is 2.48. The molecule has 0 saturated heterocycles. The van der Waals surface area contributed by atoms with Crippen molar-refractivity contribution >= 4 is 6.01 Å². The van der Waals surface area contributed by atoms with Crippen LogP contribution < -0.4 is 10.6 Å². The second kappa shape index (κ2) is 5.83. The summed E-state index contributed by atoms with van der Waals surface area (Å²) in [4.78, 5) is 4.15. The number of rotatable bonds is 6. The summed E-state index contributed by atoms with van der Waals surface area (Å²) < 4.78 is 10.9. The molecule has 2 heterocycles. The van der Waals surface area contributed by atoms with E-state index in [1.807, 2.05) is 13.8 Å². The highest BCUT2D eigenvalue weighted by Crippen LogP contribution is 2.17. The maximum atomic E-state index is 5.47. The largest absolute Gasteiger partial charge is 0.444 e. The van der Waals surface area contributed by atoms with Gasteiger partial charge in [0.25, 0.3) is 0 Å². The van der Waals surface area contributed by atoms with E-state index < -0.39 is 0 Å². The molecule has 7 nitrogen and oxygen atoms in total. The van der Waals surface area contributed by atoms with E-state index in [4.69, 9.17) is 8.83 Å². The maximum Gasteiger partial charge on any atom is 0.316 e. The molecule has 0 aliphatic heterocycles. The first-order chi connectivity index (χ1) is 9.04. The van der Waals surface area contributed by atoms with Crippen LogP contribution in [0.15, 0.2) is 15.0 Å². The van der Waals surface area contributed by atoms with Gasteiger partial charge in [-0.1, -0.05) is 18.9 Å². The Morgan fingerprint density at radius 1 is 1.21 bits per heavy atom. The van der Waals surface area contributed by atoms with Crippen LogP contribution in [0, 0.1) is 6.92 Å². The maximum absolute atomic E-state index is 5.47. The number of aryl methyl sites for hydroxylation is 1. The number of hydrogen-bond donors (Lipinski definition) is 2. The number of oxazole rings is 1. The summed E-state index contributed by atoms with van der Waals surface area (Å²) in [5.41, 5.74) is 0. The van der Waals surface area contributed by atoms with Crippen LogP contribution in [0.5, 0.6) is 0 Å². The Bertz CT molecular complexity index is 520. The van der Waals surface area contributed by atoms with Gasteiger partial charge in [-0.05, 0) is 13.8 Å². The third-order valence-electron chi connectivity index (χ3n) is 2.48. The molecule has 2 N–H and O–H groups in total. The lowest BCUT2D eigenvalue weighted by Crippen LogP contribution is -2.21. The van der Waals surface area contributed by atoms with E-state index in [1.165, 1.54) is 0 Å². The Morgan fingerprint density at radius 3 is 2.63 bits per heavy atom. The normalized spacial score (nSPS) is 12.9. The summed E-state index contributed by atoms with van der Waals surface area (Å²) in [6.45, 7) is 8.44. The lowest BCUT2D eigenvalue weighted by molar-refractivity contribution is 0.435. The van der Waals surface area contributed by atoms with Gasteiger partial charge in [0.15, 0.2) is 0 Å². The van der Waals surface area contributed by atoms with Crippen LogP contribution in [-0.2, 0) is 6.54 Å². The van der Waals surface area contributed by atoms with Gasteiger partial charge in [0, 0.05) is 6.04 Å². The highest BCUT2D eigenvalue weighted by atomic mass is 16.4. The molecule has 0 radical (unpaired) electrons. The smallest absolute Gasteiger partial charge is 0.316 e. The molecular formula is C12H19N5O2. The highest BCUT2D eigenvalue weighted by Gasteiger charge is 2.14. The Kier molecular flexibility index (Phi) is 4.16.